The van der Waals surface area contributed by atoms with E-state index in [-0.39, 0.29) is 5.02 Å². The summed E-state index contributed by atoms with van der Waals surface area (Å²) >= 11 is 11.0. The second-order valence-electron chi connectivity index (χ2n) is 4.25. The Hall–Kier alpha value is -1.85. The molecule has 6 heteroatoms. The van der Waals surface area contributed by atoms with Crippen molar-refractivity contribution in [3.05, 3.63) is 52.0 Å². The lowest BCUT2D eigenvalue weighted by Crippen LogP contribution is -1.95. The molecule has 0 fully saturated rings. The molecule has 0 amide bonds. The summed E-state index contributed by atoms with van der Waals surface area (Å²) in [6.07, 6.45) is 0. The molecule has 102 valence electrons. The van der Waals surface area contributed by atoms with Gasteiger partial charge in [0.2, 0.25) is 0 Å². The van der Waals surface area contributed by atoms with E-state index in [0.717, 1.165) is 16.8 Å². The lowest BCUT2D eigenvalue weighted by Gasteiger charge is -2.06. The van der Waals surface area contributed by atoms with Gasteiger partial charge in [-0.15, -0.1) is 0 Å². The minimum atomic E-state index is -0.478. The van der Waals surface area contributed by atoms with Crippen LogP contribution in [-0.4, -0.2) is 16.7 Å². The number of rotatable bonds is 2. The smallest absolute Gasteiger partial charge is 0.182 e. The second-order valence-corrected chi connectivity index (χ2v) is 5.04. The van der Waals surface area contributed by atoms with E-state index in [1.165, 1.54) is 12.1 Å². The van der Waals surface area contributed by atoms with Gasteiger partial charge >= 0.3 is 0 Å². The average Bonchev–Trinajstić information content (AvgIpc) is 2.76. The molecule has 1 N–H and O–H groups in total. The molecule has 3 nitrogen and oxygen atoms in total. The molecule has 2 aromatic carbocycles. The number of fused-ring (bicyclic) bond motifs is 1. The Bertz CT molecular complexity index is 856. The van der Waals surface area contributed by atoms with Gasteiger partial charge in [0.15, 0.2) is 4.77 Å². The third-order valence-corrected chi connectivity index (χ3v) is 3.64. The van der Waals surface area contributed by atoms with Gasteiger partial charge in [0.05, 0.1) is 28.9 Å². The standard InChI is InChI=1S/C14H10ClFN2OS/c1-19-9-3-5-13-12(7-9)17-14(20)18(13)8-2-4-10(15)11(16)6-8/h2-7H,1H3,(H,17,20). The van der Waals surface area contributed by atoms with Gasteiger partial charge in [-0.3, -0.25) is 4.57 Å². The largest absolute Gasteiger partial charge is 0.497 e. The van der Waals surface area contributed by atoms with Gasteiger partial charge in [-0.25, -0.2) is 4.39 Å². The zero-order valence-corrected chi connectivity index (χ0v) is 12.1. The minimum Gasteiger partial charge on any atom is -0.497 e. The molecule has 0 atom stereocenters. The molecule has 0 saturated carbocycles. The number of nitrogens with zero attached hydrogens (tertiary/aromatic N) is 1. The van der Waals surface area contributed by atoms with Gasteiger partial charge in [0.1, 0.15) is 11.6 Å². The maximum atomic E-state index is 13.6. The summed E-state index contributed by atoms with van der Waals surface area (Å²) in [6, 6.07) is 10.1. The summed E-state index contributed by atoms with van der Waals surface area (Å²) in [6.45, 7) is 0. The van der Waals surface area contributed by atoms with Crippen LogP contribution in [0.4, 0.5) is 4.39 Å². The molecular weight excluding hydrogens is 299 g/mol. The maximum Gasteiger partial charge on any atom is 0.182 e. The lowest BCUT2D eigenvalue weighted by molar-refractivity contribution is 0.415. The first-order valence-electron chi connectivity index (χ1n) is 5.84. The van der Waals surface area contributed by atoms with Gasteiger partial charge in [-0.1, -0.05) is 11.6 Å². The molecular formula is C14H10ClFN2OS. The second kappa shape index (κ2) is 4.92. The Kier molecular flexibility index (Phi) is 3.23. The highest BCUT2D eigenvalue weighted by molar-refractivity contribution is 7.71. The van der Waals surface area contributed by atoms with Crippen molar-refractivity contribution in [2.45, 2.75) is 0 Å². The number of H-pyrrole nitrogens is 1. The lowest BCUT2D eigenvalue weighted by atomic mass is 10.2. The van der Waals surface area contributed by atoms with Crippen molar-refractivity contribution >= 4 is 34.9 Å². The molecule has 0 spiro atoms. The zero-order valence-electron chi connectivity index (χ0n) is 10.5. The first-order valence-corrected chi connectivity index (χ1v) is 6.63. The normalized spacial score (nSPS) is 10.9. The summed E-state index contributed by atoms with van der Waals surface area (Å²) in [5, 5.41) is 0.0850. The van der Waals surface area contributed by atoms with E-state index in [9.17, 15) is 4.39 Å². The highest BCUT2D eigenvalue weighted by Gasteiger charge is 2.09. The molecule has 0 unspecified atom stereocenters. The Morgan fingerprint density at radius 2 is 2.05 bits per heavy atom. The molecule has 0 aliphatic heterocycles. The average molecular weight is 309 g/mol. The number of ether oxygens (including phenoxy) is 1. The van der Waals surface area contributed by atoms with Crippen molar-refractivity contribution in [2.75, 3.05) is 7.11 Å². The van der Waals surface area contributed by atoms with Gasteiger partial charge in [0.25, 0.3) is 0 Å². The molecule has 0 saturated heterocycles. The van der Waals surface area contributed by atoms with Crippen LogP contribution in [0.1, 0.15) is 0 Å². The maximum absolute atomic E-state index is 13.6. The molecule has 1 aromatic heterocycles. The van der Waals surface area contributed by atoms with Crippen molar-refractivity contribution in [1.29, 1.82) is 0 Å². The van der Waals surface area contributed by atoms with Gasteiger partial charge in [-0.05, 0) is 42.5 Å². The number of aromatic amines is 1. The van der Waals surface area contributed by atoms with Crippen LogP contribution in [0.5, 0.6) is 5.75 Å². The Balaban J connectivity index is 2.27. The fourth-order valence-corrected chi connectivity index (χ4v) is 2.53. The molecule has 1 heterocycles. The zero-order chi connectivity index (χ0) is 14.3. The van der Waals surface area contributed by atoms with Crippen LogP contribution < -0.4 is 4.74 Å². The van der Waals surface area contributed by atoms with Crippen molar-refractivity contribution in [1.82, 2.24) is 9.55 Å². The molecule has 3 rings (SSSR count). The van der Waals surface area contributed by atoms with E-state index in [1.54, 1.807) is 17.7 Å². The fraction of sp³-hybridized carbons (Fsp3) is 0.0714. The van der Waals surface area contributed by atoms with E-state index in [4.69, 9.17) is 28.6 Å². The molecule has 20 heavy (non-hydrogen) atoms. The molecule has 0 aliphatic rings. The number of hydrogen-bond acceptors (Lipinski definition) is 2. The summed E-state index contributed by atoms with van der Waals surface area (Å²) in [5.74, 6) is 0.247. The topological polar surface area (TPSA) is 29.9 Å². The minimum absolute atomic E-state index is 0.0850. The van der Waals surface area contributed by atoms with Gasteiger partial charge < -0.3 is 9.72 Å². The number of benzene rings is 2. The third kappa shape index (κ3) is 2.09. The highest BCUT2D eigenvalue weighted by Crippen LogP contribution is 2.25. The number of nitrogens with one attached hydrogen (secondary N) is 1. The van der Waals surface area contributed by atoms with E-state index in [0.29, 0.717) is 10.5 Å². The first-order chi connectivity index (χ1) is 9.60. The van der Waals surface area contributed by atoms with Crippen LogP contribution in [0.15, 0.2) is 36.4 Å². The Morgan fingerprint density at radius 3 is 2.75 bits per heavy atom. The van der Waals surface area contributed by atoms with Crippen LogP contribution in [0.2, 0.25) is 5.02 Å². The molecule has 3 aromatic rings. The van der Waals surface area contributed by atoms with Crippen LogP contribution in [0, 0.1) is 10.6 Å². The summed E-state index contributed by atoms with van der Waals surface area (Å²) in [4.78, 5) is 3.08. The number of methoxy groups -OCH3 is 1. The quantitative estimate of drug-likeness (QED) is 0.707. The predicted molar refractivity (Wildman–Crippen MR) is 80.0 cm³/mol. The number of aromatic nitrogens is 2. The van der Waals surface area contributed by atoms with Crippen LogP contribution in [0.3, 0.4) is 0 Å². The number of hydrogen-bond donors (Lipinski definition) is 1. The van der Waals surface area contributed by atoms with Crippen molar-refractivity contribution in [3.63, 3.8) is 0 Å². The third-order valence-electron chi connectivity index (χ3n) is 3.05. The summed E-state index contributed by atoms with van der Waals surface area (Å²) in [7, 11) is 1.60. The fourth-order valence-electron chi connectivity index (χ4n) is 2.10. The van der Waals surface area contributed by atoms with Crippen LogP contribution in [0.25, 0.3) is 16.7 Å². The monoisotopic (exact) mass is 308 g/mol. The van der Waals surface area contributed by atoms with E-state index in [1.807, 2.05) is 18.2 Å². The van der Waals surface area contributed by atoms with Crippen LogP contribution in [-0.2, 0) is 0 Å². The first kappa shape index (κ1) is 13.1. The van der Waals surface area contributed by atoms with Crippen molar-refractivity contribution in [2.24, 2.45) is 0 Å². The van der Waals surface area contributed by atoms with E-state index < -0.39 is 5.82 Å². The Morgan fingerprint density at radius 1 is 1.25 bits per heavy atom. The van der Waals surface area contributed by atoms with Crippen molar-refractivity contribution in [3.8, 4) is 11.4 Å². The van der Waals surface area contributed by atoms with E-state index >= 15 is 0 Å². The molecule has 0 radical (unpaired) electrons. The number of halogens is 2. The van der Waals surface area contributed by atoms with Crippen LogP contribution >= 0.6 is 23.8 Å². The SMILES string of the molecule is COc1ccc2c(c1)[nH]c(=S)n2-c1ccc(Cl)c(F)c1. The van der Waals surface area contributed by atoms with Crippen molar-refractivity contribution < 1.29 is 9.13 Å². The Labute approximate surface area is 124 Å². The van der Waals surface area contributed by atoms with Gasteiger partial charge in [-0.2, -0.15) is 0 Å². The summed E-state index contributed by atoms with van der Waals surface area (Å²) < 4.78 is 21.0. The van der Waals surface area contributed by atoms with E-state index in [2.05, 4.69) is 4.98 Å². The predicted octanol–water partition coefficient (Wildman–Crippen LogP) is 4.49. The van der Waals surface area contributed by atoms with Gasteiger partial charge in [0, 0.05) is 6.07 Å². The summed E-state index contributed by atoms with van der Waals surface area (Å²) in [5.41, 5.74) is 2.29. The highest BCUT2D eigenvalue weighted by atomic mass is 35.5. The molecule has 0 aliphatic carbocycles. The molecule has 0 bridgehead atoms. The number of imidazole rings is 1.